The van der Waals surface area contributed by atoms with Crippen LogP contribution in [-0.4, -0.2) is 62.0 Å². The highest BCUT2D eigenvalue weighted by atomic mass is 32.1. The van der Waals surface area contributed by atoms with Gasteiger partial charge in [0.25, 0.3) is 5.91 Å². The maximum Gasteiger partial charge on any atom is 0.355 e. The van der Waals surface area contributed by atoms with E-state index in [2.05, 4.69) is 33.8 Å². The van der Waals surface area contributed by atoms with Crippen molar-refractivity contribution in [2.45, 2.75) is 84.4 Å². The smallest absolute Gasteiger partial charge is 0.355 e. The molecular formula is C42H46FN7O4S. The summed E-state index contributed by atoms with van der Waals surface area (Å²) in [6.07, 6.45) is 8.64. The third-order valence-electron chi connectivity index (χ3n) is 12.6. The van der Waals surface area contributed by atoms with Crippen molar-refractivity contribution in [3.8, 4) is 11.1 Å². The Morgan fingerprint density at radius 2 is 1.76 bits per heavy atom. The molecule has 0 spiro atoms. The van der Waals surface area contributed by atoms with E-state index in [0.29, 0.717) is 59.3 Å². The first-order valence-corrected chi connectivity index (χ1v) is 19.9. The van der Waals surface area contributed by atoms with Gasteiger partial charge in [-0.2, -0.15) is 5.10 Å². The Morgan fingerprint density at radius 1 is 0.982 bits per heavy atom. The third-order valence-corrected chi connectivity index (χ3v) is 13.5. The number of aromatic nitrogens is 4. The summed E-state index contributed by atoms with van der Waals surface area (Å²) in [7, 11) is 0. The number of para-hydroxylation sites is 1. The number of aromatic carboxylic acids is 1. The van der Waals surface area contributed by atoms with Gasteiger partial charge in [-0.25, -0.2) is 19.2 Å². The molecule has 2 aromatic carbocycles. The number of carbonyl (C=O) groups excluding carboxylic acids is 1. The second kappa shape index (κ2) is 12.9. The number of ether oxygens (including phenoxy) is 1. The molecule has 4 bridgehead atoms. The van der Waals surface area contributed by atoms with Gasteiger partial charge in [-0.1, -0.05) is 37.3 Å². The Kier molecular flexibility index (Phi) is 8.45. The van der Waals surface area contributed by atoms with Crippen molar-refractivity contribution in [3.05, 3.63) is 88.6 Å². The summed E-state index contributed by atoms with van der Waals surface area (Å²) in [5.41, 5.74) is 10.3. The molecule has 4 aliphatic carbocycles. The quantitative estimate of drug-likeness (QED) is 0.131. The first-order valence-electron chi connectivity index (χ1n) is 19.1. The topological polar surface area (TPSA) is 148 Å². The number of anilines is 2. The molecule has 3 aromatic heterocycles. The Morgan fingerprint density at radius 3 is 2.51 bits per heavy atom. The molecule has 4 fully saturated rings. The number of nitrogens with two attached hydrogens (primary N) is 1. The molecule has 10 rings (SSSR count). The zero-order valence-corrected chi connectivity index (χ0v) is 32.3. The Hall–Kier alpha value is -4.72. The van der Waals surface area contributed by atoms with Gasteiger partial charge in [0, 0.05) is 48.6 Å². The van der Waals surface area contributed by atoms with Gasteiger partial charge in [-0.15, -0.1) is 0 Å². The first-order chi connectivity index (χ1) is 26.3. The number of thiazole rings is 1. The number of benzene rings is 2. The number of hydrogen-bond donors (Lipinski definition) is 3. The number of carboxylic acid groups (broad SMARTS) is 1. The fraction of sp³-hybridized carbons (Fsp3) is 0.452. The number of nitrogens with one attached hydrogen (secondary N) is 1. The Bertz CT molecular complexity index is 2320. The Balaban J connectivity index is 0.980. The van der Waals surface area contributed by atoms with E-state index < -0.39 is 5.97 Å². The van der Waals surface area contributed by atoms with Crippen LogP contribution in [0, 0.1) is 29.0 Å². The predicted octanol–water partition coefficient (Wildman–Crippen LogP) is 7.61. The molecule has 2 unspecified atom stereocenters. The molecule has 11 nitrogen and oxygen atoms in total. The summed E-state index contributed by atoms with van der Waals surface area (Å²) >= 11 is 1.37. The number of carboxylic acids is 1. The minimum Gasteiger partial charge on any atom is -0.476 e. The van der Waals surface area contributed by atoms with Crippen molar-refractivity contribution >= 4 is 44.4 Å². The summed E-state index contributed by atoms with van der Waals surface area (Å²) < 4.78 is 24.7. The Labute approximate surface area is 323 Å². The number of carbonyl (C=O) groups is 2. The van der Waals surface area contributed by atoms with Gasteiger partial charge in [-0.05, 0) is 116 Å². The molecule has 4 saturated carbocycles. The number of pyridine rings is 1. The number of hydrogen-bond acceptors (Lipinski definition) is 9. The molecule has 55 heavy (non-hydrogen) atoms. The van der Waals surface area contributed by atoms with Crippen LogP contribution in [0.4, 0.5) is 15.3 Å². The average Bonchev–Trinajstić information content (AvgIpc) is 3.70. The fourth-order valence-corrected chi connectivity index (χ4v) is 12.6. The SMILES string of the molecule is Cc1c(-c2ccc(N3CCc4c(F)ccc(C(=O)Nc5nc6ccccc6s5)c4C3)nc2C(=O)O)cnn1CC12CC3(C)CC(C)(C1)CC(OCCN)(C3)C2. The molecule has 5 aromatic rings. The molecular weight excluding hydrogens is 718 g/mol. The van der Waals surface area contributed by atoms with Gasteiger partial charge in [0.1, 0.15) is 11.6 Å². The highest BCUT2D eigenvalue weighted by molar-refractivity contribution is 7.22. The summed E-state index contributed by atoms with van der Waals surface area (Å²) in [6.45, 7) is 9.26. The predicted molar refractivity (Wildman–Crippen MR) is 210 cm³/mol. The van der Waals surface area contributed by atoms with Gasteiger partial charge in [0.05, 0.1) is 28.6 Å². The van der Waals surface area contributed by atoms with Crippen LogP contribution >= 0.6 is 11.3 Å². The summed E-state index contributed by atoms with van der Waals surface area (Å²) in [4.78, 5) is 37.5. The molecule has 4 N–H and O–H groups in total. The molecule has 0 radical (unpaired) electrons. The minimum atomic E-state index is -1.15. The van der Waals surface area contributed by atoms with Crippen LogP contribution in [0.1, 0.15) is 90.0 Å². The normalized spacial score (nSPS) is 26.7. The van der Waals surface area contributed by atoms with Gasteiger partial charge < -0.3 is 20.5 Å². The van der Waals surface area contributed by atoms with Crippen LogP contribution in [0.5, 0.6) is 0 Å². The van der Waals surface area contributed by atoms with E-state index in [4.69, 9.17) is 15.6 Å². The average molecular weight is 764 g/mol. The van der Waals surface area contributed by atoms with Gasteiger partial charge in [0.2, 0.25) is 0 Å². The summed E-state index contributed by atoms with van der Waals surface area (Å²) in [5, 5.41) is 18.7. The maximum absolute atomic E-state index is 15.1. The number of halogens is 1. The van der Waals surface area contributed by atoms with E-state index in [-0.39, 0.29) is 45.8 Å². The number of fused-ring (bicyclic) bond motifs is 2. The van der Waals surface area contributed by atoms with Crippen LogP contribution in [0.2, 0.25) is 0 Å². The van der Waals surface area contributed by atoms with Crippen LogP contribution < -0.4 is 16.0 Å². The number of rotatable bonds is 10. The minimum absolute atomic E-state index is 0.0206. The molecule has 286 valence electrons. The molecule has 1 aliphatic heterocycles. The number of amides is 1. The van der Waals surface area contributed by atoms with E-state index in [9.17, 15) is 14.7 Å². The largest absolute Gasteiger partial charge is 0.476 e. The van der Waals surface area contributed by atoms with Crippen molar-refractivity contribution in [3.63, 3.8) is 0 Å². The standard InChI is InChI=1S/C42H46FN7O4S/c1-25-29(16-45-50(25)24-41-19-39(2)18-40(3,20-41)22-42(21-39,23-41)54-15-13-44)27-9-11-34(47-35(27)37(52)53)49-14-12-26-30(17-49)28(8-10-31(26)43)36(51)48-38-46-32-6-4-5-7-33(32)55-38/h4-11,16H,12-15,17-24,44H2,1-3H3,(H,52,53)(H,46,48,51). The van der Waals surface area contributed by atoms with Gasteiger partial charge in [0.15, 0.2) is 10.8 Å². The lowest BCUT2D eigenvalue weighted by atomic mass is 9.39. The van der Waals surface area contributed by atoms with Crippen molar-refractivity contribution in [1.29, 1.82) is 0 Å². The monoisotopic (exact) mass is 763 g/mol. The zero-order chi connectivity index (χ0) is 38.3. The lowest BCUT2D eigenvalue weighted by Gasteiger charge is -2.69. The van der Waals surface area contributed by atoms with E-state index in [1.807, 2.05) is 42.2 Å². The van der Waals surface area contributed by atoms with Crippen LogP contribution in [0.3, 0.4) is 0 Å². The fourth-order valence-electron chi connectivity index (χ4n) is 11.7. The molecule has 2 atom stereocenters. The highest BCUT2D eigenvalue weighted by Gasteiger charge is 2.66. The van der Waals surface area contributed by atoms with Crippen molar-refractivity contribution in [2.24, 2.45) is 22.0 Å². The van der Waals surface area contributed by atoms with Gasteiger partial charge in [-0.3, -0.25) is 14.8 Å². The van der Waals surface area contributed by atoms with Crippen molar-refractivity contribution in [2.75, 3.05) is 29.9 Å². The van der Waals surface area contributed by atoms with Crippen LogP contribution in [-0.2, 0) is 24.2 Å². The van der Waals surface area contributed by atoms with E-state index in [1.165, 1.54) is 29.9 Å². The lowest BCUT2D eigenvalue weighted by molar-refractivity contribution is -0.247. The molecule has 13 heteroatoms. The van der Waals surface area contributed by atoms with Crippen molar-refractivity contribution in [1.82, 2.24) is 19.7 Å². The molecule has 5 aliphatic rings. The second-order valence-electron chi connectivity index (χ2n) is 17.3. The van der Waals surface area contributed by atoms with Crippen molar-refractivity contribution < 1.29 is 23.8 Å². The summed E-state index contributed by atoms with van der Waals surface area (Å²) in [6, 6.07) is 14.1. The molecule has 1 amide bonds. The molecule has 4 heterocycles. The summed E-state index contributed by atoms with van der Waals surface area (Å²) in [5.74, 6) is -1.46. The number of nitrogens with zero attached hydrogens (tertiary/aromatic N) is 5. The van der Waals surface area contributed by atoms with E-state index >= 15 is 4.39 Å². The van der Waals surface area contributed by atoms with E-state index in [0.717, 1.165) is 60.1 Å². The third kappa shape index (κ3) is 6.30. The molecule has 0 saturated heterocycles. The first kappa shape index (κ1) is 35.9. The van der Waals surface area contributed by atoms with E-state index in [1.54, 1.807) is 12.3 Å². The van der Waals surface area contributed by atoms with Crippen LogP contribution in [0.25, 0.3) is 21.3 Å². The van der Waals surface area contributed by atoms with Crippen LogP contribution in [0.15, 0.2) is 54.7 Å². The maximum atomic E-state index is 15.1. The lowest BCUT2D eigenvalue weighted by Crippen LogP contribution is -2.64. The highest BCUT2D eigenvalue weighted by Crippen LogP contribution is 2.72. The zero-order valence-electron chi connectivity index (χ0n) is 31.5. The second-order valence-corrected chi connectivity index (χ2v) is 18.4. The van der Waals surface area contributed by atoms with Gasteiger partial charge >= 0.3 is 5.97 Å².